The van der Waals surface area contributed by atoms with Gasteiger partial charge in [0.15, 0.2) is 16.0 Å². The second-order valence-electron chi connectivity index (χ2n) is 7.74. The van der Waals surface area contributed by atoms with Crippen LogP contribution in [0.1, 0.15) is 5.56 Å². The number of hydrogen-bond acceptors (Lipinski definition) is 7. The number of rotatable bonds is 8. The van der Waals surface area contributed by atoms with E-state index in [1.165, 1.54) is 28.7 Å². The van der Waals surface area contributed by atoms with Crippen molar-refractivity contribution in [3.05, 3.63) is 77.2 Å². The lowest BCUT2D eigenvalue weighted by Gasteiger charge is -2.06. The number of fused-ring (bicyclic) bond motifs is 1. The molecule has 0 aliphatic carbocycles. The fourth-order valence-corrected chi connectivity index (χ4v) is 5.13. The molecule has 0 radical (unpaired) electrons. The van der Waals surface area contributed by atoms with Crippen molar-refractivity contribution < 1.29 is 9.21 Å². The Morgan fingerprint density at radius 3 is 2.86 bits per heavy atom. The first kappa shape index (κ1) is 23.3. The van der Waals surface area contributed by atoms with E-state index in [-0.39, 0.29) is 11.7 Å². The third-order valence-electron chi connectivity index (χ3n) is 5.16. The molecule has 1 N–H and O–H groups in total. The first-order valence-electron chi connectivity index (χ1n) is 10.7. The van der Waals surface area contributed by atoms with Gasteiger partial charge in [0.1, 0.15) is 5.58 Å². The molecule has 35 heavy (non-hydrogen) atoms. The van der Waals surface area contributed by atoms with Crippen LogP contribution in [0.3, 0.4) is 0 Å². The van der Waals surface area contributed by atoms with E-state index in [4.69, 9.17) is 16.0 Å². The number of aromatic nitrogens is 4. The minimum absolute atomic E-state index is 0.157. The number of amides is 1. The number of carbonyl (C=O) groups is 1. The van der Waals surface area contributed by atoms with Crippen molar-refractivity contribution in [1.29, 1.82) is 0 Å². The summed E-state index contributed by atoms with van der Waals surface area (Å²) in [5, 5.41) is 16.0. The minimum atomic E-state index is -0.173. The molecule has 10 heteroatoms. The van der Waals surface area contributed by atoms with Crippen LogP contribution in [-0.4, -0.2) is 31.4 Å². The molecule has 5 rings (SSSR count). The van der Waals surface area contributed by atoms with E-state index in [9.17, 15) is 4.79 Å². The maximum atomic E-state index is 12.6. The van der Waals surface area contributed by atoms with Crippen molar-refractivity contribution in [3.63, 3.8) is 0 Å². The van der Waals surface area contributed by atoms with Crippen LogP contribution in [0.15, 0.2) is 76.1 Å². The van der Waals surface area contributed by atoms with Gasteiger partial charge in [0.2, 0.25) is 11.7 Å². The molecular formula is C25H20ClN5O2S2. The zero-order chi connectivity index (χ0) is 24.4. The normalized spacial score (nSPS) is 11.1. The fourth-order valence-electron chi connectivity index (χ4n) is 3.47. The molecule has 0 aliphatic heterocycles. The first-order chi connectivity index (χ1) is 17.0. The summed E-state index contributed by atoms with van der Waals surface area (Å²) >= 11 is 8.77. The summed E-state index contributed by atoms with van der Waals surface area (Å²) < 4.78 is 7.81. The van der Waals surface area contributed by atoms with Crippen LogP contribution in [0.4, 0.5) is 5.13 Å². The maximum Gasteiger partial charge on any atom is 0.236 e. The topological polar surface area (TPSA) is 85.8 Å². The fraction of sp³-hybridized carbons (Fsp3) is 0.120. The summed E-state index contributed by atoms with van der Waals surface area (Å²) in [6.07, 6.45) is 1.75. The number of aryl methyl sites for hydroxylation is 1. The Kier molecular flexibility index (Phi) is 6.72. The largest absolute Gasteiger partial charge is 0.453 e. The van der Waals surface area contributed by atoms with Crippen molar-refractivity contribution in [1.82, 2.24) is 19.7 Å². The number of benzene rings is 2. The summed E-state index contributed by atoms with van der Waals surface area (Å²) in [5.41, 5.74) is 3.74. The van der Waals surface area contributed by atoms with Crippen molar-refractivity contribution in [2.75, 3.05) is 11.1 Å². The summed E-state index contributed by atoms with van der Waals surface area (Å²) in [4.78, 5) is 17.1. The number of anilines is 1. The van der Waals surface area contributed by atoms with Gasteiger partial charge < -0.3 is 9.73 Å². The van der Waals surface area contributed by atoms with Crippen LogP contribution in [0.2, 0.25) is 5.02 Å². The molecule has 7 nitrogen and oxygen atoms in total. The number of carbonyl (C=O) groups excluding carboxylic acids is 1. The Hall–Kier alpha value is -3.40. The number of hydrogen-bond donors (Lipinski definition) is 1. The van der Waals surface area contributed by atoms with Gasteiger partial charge in [-0.05, 0) is 31.2 Å². The van der Waals surface area contributed by atoms with Crippen LogP contribution in [0.25, 0.3) is 33.8 Å². The van der Waals surface area contributed by atoms with E-state index in [2.05, 4.69) is 27.1 Å². The second-order valence-corrected chi connectivity index (χ2v) is 9.98. The summed E-state index contributed by atoms with van der Waals surface area (Å²) in [6, 6.07) is 15.4. The van der Waals surface area contributed by atoms with Gasteiger partial charge in [-0.3, -0.25) is 9.36 Å². The molecule has 0 unspecified atom stereocenters. The first-order valence-corrected chi connectivity index (χ1v) is 12.9. The molecular weight excluding hydrogens is 502 g/mol. The van der Waals surface area contributed by atoms with E-state index in [0.717, 1.165) is 16.6 Å². The highest BCUT2D eigenvalue weighted by atomic mass is 35.5. The van der Waals surface area contributed by atoms with Gasteiger partial charge in [0.25, 0.3) is 0 Å². The highest BCUT2D eigenvalue weighted by Gasteiger charge is 2.19. The molecule has 0 aliphatic rings. The number of halogens is 1. The zero-order valence-corrected chi connectivity index (χ0v) is 21.1. The van der Waals surface area contributed by atoms with E-state index in [1.807, 2.05) is 59.3 Å². The number of allylic oxidation sites excluding steroid dienone is 1. The summed E-state index contributed by atoms with van der Waals surface area (Å²) in [7, 11) is 0. The molecule has 5 aromatic rings. The summed E-state index contributed by atoms with van der Waals surface area (Å²) in [6.45, 7) is 6.34. The van der Waals surface area contributed by atoms with Crippen LogP contribution in [0, 0.1) is 6.92 Å². The molecule has 176 valence electrons. The van der Waals surface area contributed by atoms with Crippen LogP contribution in [-0.2, 0) is 11.3 Å². The Morgan fingerprint density at radius 1 is 1.23 bits per heavy atom. The number of furan rings is 1. The highest BCUT2D eigenvalue weighted by Crippen LogP contribution is 2.31. The van der Waals surface area contributed by atoms with E-state index in [0.29, 0.717) is 39.0 Å². The van der Waals surface area contributed by atoms with E-state index < -0.39 is 0 Å². The lowest BCUT2D eigenvalue weighted by molar-refractivity contribution is -0.113. The molecule has 0 spiro atoms. The highest BCUT2D eigenvalue weighted by molar-refractivity contribution is 7.99. The molecule has 3 heterocycles. The molecule has 3 aromatic heterocycles. The Morgan fingerprint density at radius 2 is 2.06 bits per heavy atom. The Balaban J connectivity index is 1.28. The number of thioether (sulfide) groups is 1. The Bertz CT molecular complexity index is 1520. The molecule has 0 fully saturated rings. The monoisotopic (exact) mass is 521 g/mol. The third-order valence-corrected chi connectivity index (χ3v) is 7.12. The van der Waals surface area contributed by atoms with Crippen LogP contribution >= 0.6 is 34.7 Å². The predicted octanol–water partition coefficient (Wildman–Crippen LogP) is 6.69. The molecule has 0 atom stereocenters. The lowest BCUT2D eigenvalue weighted by Crippen LogP contribution is -2.14. The maximum absolute atomic E-state index is 12.6. The summed E-state index contributed by atoms with van der Waals surface area (Å²) in [5.74, 6) is 1.11. The molecule has 2 aromatic carbocycles. The molecule has 1 amide bonds. The smallest absolute Gasteiger partial charge is 0.236 e. The predicted molar refractivity (Wildman–Crippen MR) is 142 cm³/mol. The van der Waals surface area contributed by atoms with Crippen molar-refractivity contribution in [2.24, 2.45) is 0 Å². The number of nitrogens with zero attached hydrogens (tertiary/aromatic N) is 4. The van der Waals surface area contributed by atoms with E-state index in [1.54, 1.807) is 12.1 Å². The minimum Gasteiger partial charge on any atom is -0.453 e. The van der Waals surface area contributed by atoms with Gasteiger partial charge in [-0.1, -0.05) is 59.3 Å². The average molecular weight is 522 g/mol. The van der Waals surface area contributed by atoms with Gasteiger partial charge >= 0.3 is 0 Å². The lowest BCUT2D eigenvalue weighted by atomic mass is 10.1. The average Bonchev–Trinajstić information content (AvgIpc) is 3.57. The zero-order valence-electron chi connectivity index (χ0n) is 18.7. The van der Waals surface area contributed by atoms with Gasteiger partial charge in [0.05, 0.1) is 11.4 Å². The van der Waals surface area contributed by atoms with E-state index >= 15 is 0 Å². The van der Waals surface area contributed by atoms with Crippen molar-refractivity contribution >= 4 is 56.7 Å². The van der Waals surface area contributed by atoms with Gasteiger partial charge in [0, 0.05) is 27.9 Å². The van der Waals surface area contributed by atoms with Crippen LogP contribution in [0.5, 0.6) is 0 Å². The van der Waals surface area contributed by atoms with Gasteiger partial charge in [-0.15, -0.1) is 28.1 Å². The molecule has 0 saturated carbocycles. The third kappa shape index (κ3) is 5.17. The van der Waals surface area contributed by atoms with Crippen LogP contribution < -0.4 is 5.32 Å². The number of nitrogens with one attached hydrogen (secondary N) is 1. The second kappa shape index (κ2) is 10.1. The van der Waals surface area contributed by atoms with Gasteiger partial charge in [-0.25, -0.2) is 4.98 Å². The SMILES string of the molecule is C=CCn1c(SCC(=O)Nc2nc(-c3ccc(C)cc3)cs2)nnc1-c1cc2cc(Cl)ccc2o1. The molecule has 0 saturated heterocycles. The molecule has 0 bridgehead atoms. The standard InChI is InChI=1S/C25H20ClN5O2S2/c1-3-10-31-23(21-12-17-11-18(26)8-9-20(17)33-21)29-30-25(31)35-14-22(32)28-24-27-19(13-34-24)16-6-4-15(2)5-7-16/h3-9,11-13H,1,10,14H2,2H3,(H,27,28,32). The quantitative estimate of drug-likeness (QED) is 0.181. The Labute approximate surface area is 214 Å². The number of thiazole rings is 1. The van der Waals surface area contributed by atoms with Crippen molar-refractivity contribution in [3.8, 4) is 22.8 Å². The van der Waals surface area contributed by atoms with Gasteiger partial charge in [-0.2, -0.15) is 0 Å². The van der Waals surface area contributed by atoms with Crippen molar-refractivity contribution in [2.45, 2.75) is 18.6 Å².